The average molecular weight is 360 g/mol. The van der Waals surface area contributed by atoms with Gasteiger partial charge in [0.15, 0.2) is 9.84 Å². The van der Waals surface area contributed by atoms with Gasteiger partial charge < -0.3 is 4.90 Å². The largest absolute Gasteiger partial charge is 0.363 e. The van der Waals surface area contributed by atoms with Crippen LogP contribution in [0.15, 0.2) is 53.4 Å². The van der Waals surface area contributed by atoms with Gasteiger partial charge >= 0.3 is 0 Å². The van der Waals surface area contributed by atoms with Gasteiger partial charge in [0.25, 0.3) is 5.69 Å². The van der Waals surface area contributed by atoms with Gasteiger partial charge in [-0.3, -0.25) is 10.1 Å². The third-order valence-electron chi connectivity index (χ3n) is 4.57. The van der Waals surface area contributed by atoms with E-state index in [0.29, 0.717) is 5.69 Å². The summed E-state index contributed by atoms with van der Waals surface area (Å²) in [6.07, 6.45) is 3.79. The van der Waals surface area contributed by atoms with E-state index in [4.69, 9.17) is 0 Å². The lowest BCUT2D eigenvalue weighted by molar-refractivity contribution is -0.384. The molecule has 1 unspecified atom stereocenters. The standard InChI is InChI=1S/C18H20N2O4S/c1-25(23,24)16-9-10-17(18(13-16)20(21)22)19-11-5-8-15(19)12-14-6-3-2-4-7-14/h2-4,6-7,9-10,13,15H,5,8,11-12H2,1H3. The van der Waals surface area contributed by atoms with Gasteiger partial charge in [-0.2, -0.15) is 0 Å². The lowest BCUT2D eigenvalue weighted by Crippen LogP contribution is -2.31. The minimum Gasteiger partial charge on any atom is -0.363 e. The normalized spacial score (nSPS) is 17.6. The molecule has 2 aromatic rings. The number of rotatable bonds is 5. The molecule has 25 heavy (non-hydrogen) atoms. The maximum Gasteiger partial charge on any atom is 0.293 e. The minimum atomic E-state index is -3.48. The first kappa shape index (κ1) is 17.4. The maximum atomic E-state index is 11.7. The Labute approximate surface area is 147 Å². The molecule has 1 fully saturated rings. The number of nitrogens with zero attached hydrogens (tertiary/aromatic N) is 2. The van der Waals surface area contributed by atoms with Gasteiger partial charge in [0.05, 0.1) is 9.82 Å². The third kappa shape index (κ3) is 3.82. The van der Waals surface area contributed by atoms with Gasteiger partial charge in [-0.15, -0.1) is 0 Å². The molecular formula is C18H20N2O4S. The van der Waals surface area contributed by atoms with E-state index in [1.165, 1.54) is 17.7 Å². The van der Waals surface area contributed by atoms with Gasteiger partial charge in [-0.05, 0) is 37.0 Å². The summed E-state index contributed by atoms with van der Waals surface area (Å²) in [5, 5.41) is 11.5. The molecule has 1 aliphatic heterocycles. The number of hydrogen-bond donors (Lipinski definition) is 0. The van der Waals surface area contributed by atoms with Crippen LogP contribution >= 0.6 is 0 Å². The Morgan fingerprint density at radius 3 is 2.56 bits per heavy atom. The molecule has 0 N–H and O–H groups in total. The van der Waals surface area contributed by atoms with Crippen LogP contribution in [0.2, 0.25) is 0 Å². The van der Waals surface area contributed by atoms with Crippen LogP contribution in [0.4, 0.5) is 11.4 Å². The van der Waals surface area contributed by atoms with Crippen molar-refractivity contribution in [2.24, 2.45) is 0 Å². The quantitative estimate of drug-likeness (QED) is 0.604. The van der Waals surface area contributed by atoms with E-state index >= 15 is 0 Å². The lowest BCUT2D eigenvalue weighted by atomic mass is 10.0. The van der Waals surface area contributed by atoms with Crippen molar-refractivity contribution < 1.29 is 13.3 Å². The number of anilines is 1. The average Bonchev–Trinajstić information content (AvgIpc) is 3.02. The molecule has 0 spiro atoms. The zero-order chi connectivity index (χ0) is 18.0. The molecule has 0 radical (unpaired) electrons. The molecule has 1 saturated heterocycles. The summed E-state index contributed by atoms with van der Waals surface area (Å²) < 4.78 is 23.4. The van der Waals surface area contributed by atoms with E-state index < -0.39 is 14.8 Å². The predicted octanol–water partition coefficient (Wildman–Crippen LogP) is 3.21. The van der Waals surface area contributed by atoms with Gasteiger partial charge in [0.2, 0.25) is 0 Å². The highest BCUT2D eigenvalue weighted by Gasteiger charge is 2.30. The number of nitro groups is 1. The molecule has 0 amide bonds. The second kappa shape index (κ2) is 6.84. The van der Waals surface area contributed by atoms with Crippen LogP contribution < -0.4 is 4.90 Å². The van der Waals surface area contributed by atoms with Crippen LogP contribution in [0.3, 0.4) is 0 Å². The molecule has 2 aromatic carbocycles. The van der Waals surface area contributed by atoms with E-state index in [1.807, 2.05) is 23.1 Å². The van der Waals surface area contributed by atoms with Crippen LogP contribution in [0.1, 0.15) is 18.4 Å². The molecular weight excluding hydrogens is 340 g/mol. The topological polar surface area (TPSA) is 80.5 Å². The van der Waals surface area contributed by atoms with Crippen molar-refractivity contribution in [3.63, 3.8) is 0 Å². The van der Waals surface area contributed by atoms with Gasteiger partial charge in [0.1, 0.15) is 5.69 Å². The highest BCUT2D eigenvalue weighted by atomic mass is 32.2. The number of benzene rings is 2. The Balaban J connectivity index is 1.95. The predicted molar refractivity (Wildman–Crippen MR) is 96.7 cm³/mol. The summed E-state index contributed by atoms with van der Waals surface area (Å²) >= 11 is 0. The Kier molecular flexibility index (Phi) is 4.76. The molecule has 6 nitrogen and oxygen atoms in total. The van der Waals surface area contributed by atoms with Gasteiger partial charge in [0, 0.05) is 24.9 Å². The van der Waals surface area contributed by atoms with Crippen molar-refractivity contribution in [1.82, 2.24) is 0 Å². The Bertz CT molecular complexity index is 881. The van der Waals surface area contributed by atoms with Crippen molar-refractivity contribution >= 4 is 21.2 Å². The second-order valence-corrected chi connectivity index (χ2v) is 8.37. The first-order valence-corrected chi connectivity index (χ1v) is 10.0. The summed E-state index contributed by atoms with van der Waals surface area (Å²) in [5.41, 5.74) is 1.54. The molecule has 3 rings (SSSR count). The third-order valence-corrected chi connectivity index (χ3v) is 5.68. The fourth-order valence-electron chi connectivity index (χ4n) is 3.37. The van der Waals surface area contributed by atoms with Crippen LogP contribution in [0.25, 0.3) is 0 Å². The summed E-state index contributed by atoms with van der Waals surface area (Å²) in [5.74, 6) is 0. The Morgan fingerprint density at radius 1 is 1.20 bits per heavy atom. The van der Waals surface area contributed by atoms with E-state index in [2.05, 4.69) is 12.1 Å². The molecule has 0 aliphatic carbocycles. The second-order valence-electron chi connectivity index (χ2n) is 6.36. The molecule has 0 saturated carbocycles. The first-order chi connectivity index (χ1) is 11.9. The van der Waals surface area contributed by atoms with Crippen molar-refractivity contribution in [2.45, 2.75) is 30.2 Å². The molecule has 1 atom stereocenters. The van der Waals surface area contributed by atoms with Gasteiger partial charge in [-0.1, -0.05) is 30.3 Å². The lowest BCUT2D eigenvalue weighted by Gasteiger charge is -2.27. The fraction of sp³-hybridized carbons (Fsp3) is 0.333. The number of hydrogen-bond acceptors (Lipinski definition) is 5. The molecule has 1 aliphatic rings. The zero-order valence-corrected chi connectivity index (χ0v) is 14.8. The van der Waals surface area contributed by atoms with E-state index in [1.54, 1.807) is 6.07 Å². The number of nitro benzene ring substituents is 1. The van der Waals surface area contributed by atoms with Crippen molar-refractivity contribution in [2.75, 3.05) is 17.7 Å². The van der Waals surface area contributed by atoms with Gasteiger partial charge in [-0.25, -0.2) is 8.42 Å². The van der Waals surface area contributed by atoms with Crippen molar-refractivity contribution in [3.8, 4) is 0 Å². The molecule has 0 bridgehead atoms. The Hall–Kier alpha value is -2.41. The van der Waals surface area contributed by atoms with Crippen LogP contribution in [0, 0.1) is 10.1 Å². The van der Waals surface area contributed by atoms with E-state index in [-0.39, 0.29) is 16.6 Å². The highest BCUT2D eigenvalue weighted by molar-refractivity contribution is 7.90. The van der Waals surface area contributed by atoms with Crippen LogP contribution in [-0.2, 0) is 16.3 Å². The Morgan fingerprint density at radius 2 is 1.92 bits per heavy atom. The smallest absolute Gasteiger partial charge is 0.293 e. The summed E-state index contributed by atoms with van der Waals surface area (Å²) in [4.78, 5) is 13.0. The first-order valence-electron chi connectivity index (χ1n) is 8.15. The highest BCUT2D eigenvalue weighted by Crippen LogP contribution is 2.36. The number of sulfone groups is 1. The summed E-state index contributed by atoms with van der Waals surface area (Å²) in [7, 11) is -3.48. The fourth-order valence-corrected chi connectivity index (χ4v) is 4.02. The minimum absolute atomic E-state index is 0.0262. The van der Waals surface area contributed by atoms with Crippen molar-refractivity contribution in [1.29, 1.82) is 0 Å². The molecule has 1 heterocycles. The monoisotopic (exact) mass is 360 g/mol. The van der Waals surface area contributed by atoms with Crippen LogP contribution in [0.5, 0.6) is 0 Å². The van der Waals surface area contributed by atoms with Crippen LogP contribution in [-0.4, -0.2) is 32.2 Å². The van der Waals surface area contributed by atoms with E-state index in [0.717, 1.165) is 32.1 Å². The molecule has 7 heteroatoms. The molecule has 0 aromatic heterocycles. The summed E-state index contributed by atoms with van der Waals surface area (Å²) in [6.45, 7) is 0.733. The SMILES string of the molecule is CS(=O)(=O)c1ccc(N2CCCC2Cc2ccccc2)c([N+](=O)[O-])c1. The molecule has 132 valence electrons. The summed E-state index contributed by atoms with van der Waals surface area (Å²) in [6, 6.07) is 14.4. The maximum absolute atomic E-state index is 11.7. The zero-order valence-electron chi connectivity index (χ0n) is 14.0. The van der Waals surface area contributed by atoms with E-state index in [9.17, 15) is 18.5 Å². The van der Waals surface area contributed by atoms with Crippen molar-refractivity contribution in [3.05, 3.63) is 64.2 Å².